The molecule has 0 unspecified atom stereocenters. The van der Waals surface area contributed by atoms with Crippen LogP contribution in [0.3, 0.4) is 0 Å². The van der Waals surface area contributed by atoms with Crippen LogP contribution in [0.25, 0.3) is 0 Å². The lowest BCUT2D eigenvalue weighted by Gasteiger charge is -2.15. The lowest BCUT2D eigenvalue weighted by Crippen LogP contribution is -2.28. The number of aliphatic hydroxyl groups excluding tert-OH is 1. The van der Waals surface area contributed by atoms with E-state index in [4.69, 9.17) is 11.6 Å². The SMILES string of the molecule is CN1CCc2cc([C@@H](O)CNC(=O)c3cccc(Cl)c3)ccc21. The van der Waals surface area contributed by atoms with E-state index in [0.29, 0.717) is 10.6 Å². The monoisotopic (exact) mass is 330 g/mol. The Hall–Kier alpha value is -2.04. The Morgan fingerprint density at radius 2 is 2.17 bits per heavy atom. The summed E-state index contributed by atoms with van der Waals surface area (Å²) in [6, 6.07) is 12.7. The second-order valence-electron chi connectivity index (χ2n) is 5.80. The third-order valence-corrected chi connectivity index (χ3v) is 4.39. The van der Waals surface area contributed by atoms with Crippen molar-refractivity contribution in [2.45, 2.75) is 12.5 Å². The molecule has 4 nitrogen and oxygen atoms in total. The molecule has 1 heterocycles. The van der Waals surface area contributed by atoms with Gasteiger partial charge in [-0.25, -0.2) is 0 Å². The number of rotatable bonds is 4. The van der Waals surface area contributed by atoms with Crippen LogP contribution >= 0.6 is 11.6 Å². The van der Waals surface area contributed by atoms with Gasteiger partial charge in [0.05, 0.1) is 6.10 Å². The lowest BCUT2D eigenvalue weighted by atomic mass is 10.0. The highest BCUT2D eigenvalue weighted by molar-refractivity contribution is 6.30. The highest BCUT2D eigenvalue weighted by Crippen LogP contribution is 2.29. The number of hydrogen-bond donors (Lipinski definition) is 2. The minimum atomic E-state index is -0.727. The summed E-state index contributed by atoms with van der Waals surface area (Å²) in [6.45, 7) is 1.17. The molecule has 0 spiro atoms. The number of fused-ring (bicyclic) bond motifs is 1. The van der Waals surface area contributed by atoms with Gasteiger partial charge in [0.1, 0.15) is 0 Å². The van der Waals surface area contributed by atoms with Gasteiger partial charge in [-0.15, -0.1) is 0 Å². The van der Waals surface area contributed by atoms with Gasteiger partial charge in [0.2, 0.25) is 0 Å². The Morgan fingerprint density at radius 3 is 2.96 bits per heavy atom. The maximum absolute atomic E-state index is 12.1. The molecule has 0 radical (unpaired) electrons. The molecule has 2 aromatic carbocycles. The first-order chi connectivity index (χ1) is 11.0. The first kappa shape index (κ1) is 15.8. The normalized spacial score (nSPS) is 14.5. The molecule has 2 N–H and O–H groups in total. The molecule has 1 aliphatic rings. The van der Waals surface area contributed by atoms with Crippen LogP contribution in [0.1, 0.15) is 27.6 Å². The molecule has 1 atom stereocenters. The van der Waals surface area contributed by atoms with E-state index in [2.05, 4.69) is 17.3 Å². The largest absolute Gasteiger partial charge is 0.387 e. The number of halogens is 1. The average molecular weight is 331 g/mol. The van der Waals surface area contributed by atoms with Gasteiger partial charge in [-0.3, -0.25) is 4.79 Å². The van der Waals surface area contributed by atoms with E-state index in [-0.39, 0.29) is 12.5 Å². The molecular formula is C18H19ClN2O2. The molecule has 0 saturated carbocycles. The summed E-state index contributed by atoms with van der Waals surface area (Å²) in [5.74, 6) is -0.243. The van der Waals surface area contributed by atoms with Gasteiger partial charge in [-0.2, -0.15) is 0 Å². The van der Waals surface area contributed by atoms with E-state index in [1.165, 1.54) is 11.3 Å². The number of amides is 1. The number of nitrogens with zero attached hydrogens (tertiary/aromatic N) is 1. The van der Waals surface area contributed by atoms with E-state index in [9.17, 15) is 9.90 Å². The molecule has 0 bridgehead atoms. The Morgan fingerprint density at radius 1 is 1.35 bits per heavy atom. The van der Waals surface area contributed by atoms with Crippen molar-refractivity contribution in [2.75, 3.05) is 25.0 Å². The maximum atomic E-state index is 12.1. The van der Waals surface area contributed by atoms with E-state index in [0.717, 1.165) is 18.5 Å². The Balaban J connectivity index is 1.63. The fourth-order valence-electron chi connectivity index (χ4n) is 2.83. The predicted octanol–water partition coefficient (Wildman–Crippen LogP) is 2.80. The van der Waals surface area contributed by atoms with Crippen LogP contribution in [-0.2, 0) is 6.42 Å². The summed E-state index contributed by atoms with van der Waals surface area (Å²) in [5, 5.41) is 13.6. The van der Waals surface area contributed by atoms with Crippen molar-refractivity contribution in [1.29, 1.82) is 0 Å². The number of nitrogens with one attached hydrogen (secondary N) is 1. The number of carbonyl (C=O) groups excluding carboxylic acids is 1. The number of carbonyl (C=O) groups is 1. The summed E-state index contributed by atoms with van der Waals surface area (Å²) >= 11 is 5.88. The summed E-state index contributed by atoms with van der Waals surface area (Å²) in [7, 11) is 2.06. The van der Waals surface area contributed by atoms with Gasteiger partial charge in [0, 0.05) is 36.4 Å². The fraction of sp³-hybridized carbons (Fsp3) is 0.278. The number of aliphatic hydroxyl groups is 1. The van der Waals surface area contributed by atoms with Gasteiger partial charge < -0.3 is 15.3 Å². The zero-order valence-electron chi connectivity index (χ0n) is 12.9. The molecule has 1 amide bonds. The van der Waals surface area contributed by atoms with Crippen molar-refractivity contribution in [3.8, 4) is 0 Å². The number of benzene rings is 2. The zero-order valence-corrected chi connectivity index (χ0v) is 13.7. The second-order valence-corrected chi connectivity index (χ2v) is 6.23. The molecule has 0 fully saturated rings. The van der Waals surface area contributed by atoms with Crippen molar-refractivity contribution < 1.29 is 9.90 Å². The fourth-order valence-corrected chi connectivity index (χ4v) is 3.02. The maximum Gasteiger partial charge on any atom is 0.251 e. The molecule has 5 heteroatoms. The Kier molecular flexibility index (Phi) is 4.55. The van der Waals surface area contributed by atoms with Crippen LogP contribution in [0.2, 0.25) is 5.02 Å². The molecule has 0 aromatic heterocycles. The summed E-state index contributed by atoms with van der Waals surface area (Å²) < 4.78 is 0. The van der Waals surface area contributed by atoms with E-state index >= 15 is 0 Å². The van der Waals surface area contributed by atoms with Crippen molar-refractivity contribution >= 4 is 23.2 Å². The third kappa shape index (κ3) is 3.49. The van der Waals surface area contributed by atoms with Crippen LogP contribution in [0.15, 0.2) is 42.5 Å². The zero-order chi connectivity index (χ0) is 16.4. The highest BCUT2D eigenvalue weighted by Gasteiger charge is 2.18. The Labute approximate surface area is 140 Å². The van der Waals surface area contributed by atoms with Crippen molar-refractivity contribution in [2.24, 2.45) is 0 Å². The quantitative estimate of drug-likeness (QED) is 0.906. The lowest BCUT2D eigenvalue weighted by molar-refractivity contribution is 0.0916. The second kappa shape index (κ2) is 6.60. The van der Waals surface area contributed by atoms with E-state index in [1.54, 1.807) is 24.3 Å². The topological polar surface area (TPSA) is 52.6 Å². The number of likely N-dealkylation sites (N-methyl/N-ethyl adjacent to an activating group) is 1. The van der Waals surface area contributed by atoms with Crippen LogP contribution in [0.5, 0.6) is 0 Å². The number of hydrogen-bond acceptors (Lipinski definition) is 3. The minimum Gasteiger partial charge on any atom is -0.387 e. The van der Waals surface area contributed by atoms with Crippen LogP contribution < -0.4 is 10.2 Å². The van der Waals surface area contributed by atoms with Crippen molar-refractivity contribution in [3.63, 3.8) is 0 Å². The summed E-state index contributed by atoms with van der Waals surface area (Å²) in [6.07, 6.45) is 0.260. The minimum absolute atomic E-state index is 0.167. The van der Waals surface area contributed by atoms with Gasteiger partial charge in [0.15, 0.2) is 0 Å². The molecule has 23 heavy (non-hydrogen) atoms. The molecule has 0 aliphatic carbocycles. The number of anilines is 1. The van der Waals surface area contributed by atoms with E-state index in [1.807, 2.05) is 18.2 Å². The highest BCUT2D eigenvalue weighted by atomic mass is 35.5. The first-order valence-electron chi connectivity index (χ1n) is 7.60. The van der Waals surface area contributed by atoms with Crippen LogP contribution in [-0.4, -0.2) is 31.2 Å². The molecule has 2 aromatic rings. The molecule has 120 valence electrons. The predicted molar refractivity (Wildman–Crippen MR) is 92.2 cm³/mol. The molecular weight excluding hydrogens is 312 g/mol. The standard InChI is InChI=1S/C18H19ClN2O2/c1-21-8-7-12-9-13(5-6-16(12)21)17(22)11-20-18(23)14-3-2-4-15(19)10-14/h2-6,9-10,17,22H,7-8,11H2,1H3,(H,20,23)/t17-/m0/s1. The van der Waals surface area contributed by atoms with Crippen LogP contribution in [0.4, 0.5) is 5.69 Å². The van der Waals surface area contributed by atoms with E-state index < -0.39 is 6.10 Å². The first-order valence-corrected chi connectivity index (χ1v) is 7.98. The van der Waals surface area contributed by atoms with Gasteiger partial charge in [-0.05, 0) is 41.8 Å². The summed E-state index contributed by atoms with van der Waals surface area (Å²) in [5.41, 5.74) is 3.76. The van der Waals surface area contributed by atoms with Crippen molar-refractivity contribution in [3.05, 3.63) is 64.2 Å². The van der Waals surface area contributed by atoms with Gasteiger partial charge >= 0.3 is 0 Å². The summed E-state index contributed by atoms with van der Waals surface area (Å²) in [4.78, 5) is 14.3. The van der Waals surface area contributed by atoms with Crippen LogP contribution in [0, 0.1) is 0 Å². The van der Waals surface area contributed by atoms with Gasteiger partial charge in [-0.1, -0.05) is 29.8 Å². The molecule has 0 saturated heterocycles. The van der Waals surface area contributed by atoms with Crippen molar-refractivity contribution in [1.82, 2.24) is 5.32 Å². The Bertz CT molecular complexity index is 733. The molecule has 1 aliphatic heterocycles. The molecule has 3 rings (SSSR count). The average Bonchev–Trinajstić information content (AvgIpc) is 2.93. The van der Waals surface area contributed by atoms with Gasteiger partial charge in [0.25, 0.3) is 5.91 Å². The smallest absolute Gasteiger partial charge is 0.251 e. The third-order valence-electron chi connectivity index (χ3n) is 4.16.